The maximum absolute atomic E-state index is 5.69. The van der Waals surface area contributed by atoms with Crippen LogP contribution < -0.4 is 9.64 Å². The van der Waals surface area contributed by atoms with E-state index >= 15 is 0 Å². The highest BCUT2D eigenvalue weighted by molar-refractivity contribution is 5.85. The Kier molecular flexibility index (Phi) is 8.22. The monoisotopic (exact) mass is 444 g/mol. The van der Waals surface area contributed by atoms with Crippen LogP contribution in [-0.2, 0) is 11.3 Å². The van der Waals surface area contributed by atoms with Crippen LogP contribution in [0.3, 0.4) is 0 Å². The lowest BCUT2D eigenvalue weighted by atomic mass is 10.0. The van der Waals surface area contributed by atoms with Gasteiger partial charge in [0.2, 0.25) is 0 Å². The number of halogens is 1. The van der Waals surface area contributed by atoms with Crippen molar-refractivity contribution < 1.29 is 9.47 Å². The average Bonchev–Trinajstić information content (AvgIpc) is 3.27. The summed E-state index contributed by atoms with van der Waals surface area (Å²) in [4.78, 5) is 4.86. The van der Waals surface area contributed by atoms with Crippen molar-refractivity contribution in [2.45, 2.75) is 12.6 Å². The quantitative estimate of drug-likeness (QED) is 0.529. The summed E-state index contributed by atoms with van der Waals surface area (Å²) in [5.41, 5.74) is 2.33. The Hall–Kier alpha value is -2.68. The van der Waals surface area contributed by atoms with Crippen LogP contribution in [0.2, 0.25) is 0 Å². The smallest absolute Gasteiger partial charge is 0.173 e. The fourth-order valence-electron chi connectivity index (χ4n) is 4.01. The summed E-state index contributed by atoms with van der Waals surface area (Å²) in [5, 5.41) is 12.6. The number of tetrazole rings is 1. The Morgan fingerprint density at radius 2 is 1.65 bits per heavy atom. The van der Waals surface area contributed by atoms with E-state index in [2.05, 4.69) is 61.7 Å². The summed E-state index contributed by atoms with van der Waals surface area (Å²) in [6, 6.07) is 18.6. The number of piperazine rings is 1. The Balaban J connectivity index is 0.00000272. The predicted octanol–water partition coefficient (Wildman–Crippen LogP) is 2.66. The van der Waals surface area contributed by atoms with E-state index in [0.717, 1.165) is 43.3 Å². The zero-order valence-corrected chi connectivity index (χ0v) is 18.7. The van der Waals surface area contributed by atoms with Gasteiger partial charge in [-0.2, -0.15) is 0 Å². The number of hydrogen-bond acceptors (Lipinski definition) is 7. The summed E-state index contributed by atoms with van der Waals surface area (Å²) in [6.45, 7) is 4.83. The van der Waals surface area contributed by atoms with Crippen molar-refractivity contribution in [1.29, 1.82) is 0 Å². The summed E-state index contributed by atoms with van der Waals surface area (Å²) in [7, 11) is 3.39. The van der Waals surface area contributed by atoms with E-state index in [9.17, 15) is 0 Å². The first kappa shape index (κ1) is 23.0. The first-order chi connectivity index (χ1) is 14.8. The molecule has 0 saturated carbocycles. The molecule has 31 heavy (non-hydrogen) atoms. The molecule has 0 radical (unpaired) electrons. The van der Waals surface area contributed by atoms with Gasteiger partial charge in [-0.25, -0.2) is 4.68 Å². The molecule has 9 heteroatoms. The largest absolute Gasteiger partial charge is 0.496 e. The van der Waals surface area contributed by atoms with E-state index in [1.807, 2.05) is 22.9 Å². The molecule has 1 aliphatic rings. The Morgan fingerprint density at radius 3 is 2.35 bits per heavy atom. The van der Waals surface area contributed by atoms with Crippen molar-refractivity contribution >= 4 is 18.1 Å². The average molecular weight is 445 g/mol. The van der Waals surface area contributed by atoms with E-state index in [-0.39, 0.29) is 18.4 Å². The summed E-state index contributed by atoms with van der Waals surface area (Å²) < 4.78 is 12.8. The van der Waals surface area contributed by atoms with Gasteiger partial charge in [0.1, 0.15) is 11.8 Å². The fraction of sp³-hybridized carbons (Fsp3) is 0.409. The van der Waals surface area contributed by atoms with Crippen LogP contribution in [0.4, 0.5) is 5.69 Å². The normalized spacial score (nSPS) is 15.4. The zero-order valence-electron chi connectivity index (χ0n) is 17.9. The third kappa shape index (κ3) is 5.15. The molecule has 166 valence electrons. The van der Waals surface area contributed by atoms with Gasteiger partial charge in [-0.15, -0.1) is 17.5 Å². The second-order valence-corrected chi connectivity index (χ2v) is 7.26. The SMILES string of the molecule is COCCn1nnnc1C(c1ccccc1OC)N1CCN(c2ccccc2)CC1.Cl. The number of para-hydroxylation sites is 2. The molecule has 1 unspecified atom stereocenters. The number of ether oxygens (including phenoxy) is 2. The van der Waals surface area contributed by atoms with Gasteiger partial charge >= 0.3 is 0 Å². The highest BCUT2D eigenvalue weighted by Crippen LogP contribution is 2.34. The van der Waals surface area contributed by atoms with Crippen molar-refractivity contribution in [3.05, 3.63) is 66.0 Å². The maximum atomic E-state index is 5.69. The second-order valence-electron chi connectivity index (χ2n) is 7.26. The molecule has 0 N–H and O–H groups in total. The molecule has 0 aliphatic carbocycles. The van der Waals surface area contributed by atoms with E-state index in [1.54, 1.807) is 14.2 Å². The lowest BCUT2D eigenvalue weighted by Gasteiger charge is -2.40. The Labute approximate surface area is 189 Å². The number of aromatic nitrogens is 4. The van der Waals surface area contributed by atoms with Crippen LogP contribution in [0.1, 0.15) is 17.4 Å². The van der Waals surface area contributed by atoms with Gasteiger partial charge in [0.25, 0.3) is 0 Å². The lowest BCUT2D eigenvalue weighted by Crippen LogP contribution is -2.48. The molecular weight excluding hydrogens is 416 g/mol. The number of anilines is 1. The minimum absolute atomic E-state index is 0. The Morgan fingerprint density at radius 1 is 0.935 bits per heavy atom. The molecule has 1 saturated heterocycles. The topological polar surface area (TPSA) is 68.5 Å². The minimum Gasteiger partial charge on any atom is -0.496 e. The van der Waals surface area contributed by atoms with Crippen molar-refractivity contribution in [2.75, 3.05) is 51.9 Å². The minimum atomic E-state index is -0.0917. The molecule has 2 heterocycles. The van der Waals surface area contributed by atoms with Crippen LogP contribution >= 0.6 is 12.4 Å². The third-order valence-corrected chi connectivity index (χ3v) is 5.55. The van der Waals surface area contributed by atoms with E-state index in [4.69, 9.17) is 9.47 Å². The fourth-order valence-corrected chi connectivity index (χ4v) is 4.01. The molecule has 1 aliphatic heterocycles. The third-order valence-electron chi connectivity index (χ3n) is 5.55. The Bertz CT molecular complexity index is 931. The van der Waals surface area contributed by atoms with Gasteiger partial charge < -0.3 is 14.4 Å². The molecule has 0 spiro atoms. The lowest BCUT2D eigenvalue weighted by molar-refractivity contribution is 0.171. The van der Waals surface area contributed by atoms with Crippen molar-refractivity contribution in [2.24, 2.45) is 0 Å². The molecule has 1 fully saturated rings. The van der Waals surface area contributed by atoms with Crippen LogP contribution in [0.25, 0.3) is 0 Å². The van der Waals surface area contributed by atoms with Crippen LogP contribution in [0.5, 0.6) is 5.75 Å². The number of benzene rings is 2. The maximum Gasteiger partial charge on any atom is 0.173 e. The molecule has 2 aromatic carbocycles. The van der Waals surface area contributed by atoms with Gasteiger partial charge in [0.15, 0.2) is 5.82 Å². The molecule has 0 amide bonds. The summed E-state index contributed by atoms with van der Waals surface area (Å²) in [6.07, 6.45) is 0. The summed E-state index contributed by atoms with van der Waals surface area (Å²) in [5.74, 6) is 1.65. The van der Waals surface area contributed by atoms with Crippen molar-refractivity contribution in [3.63, 3.8) is 0 Å². The molecule has 4 rings (SSSR count). The number of rotatable bonds is 8. The van der Waals surface area contributed by atoms with Crippen LogP contribution in [-0.4, -0.2) is 72.1 Å². The highest BCUT2D eigenvalue weighted by atomic mass is 35.5. The van der Waals surface area contributed by atoms with Crippen LogP contribution in [0, 0.1) is 0 Å². The van der Waals surface area contributed by atoms with E-state index in [1.165, 1.54) is 5.69 Å². The number of hydrogen-bond donors (Lipinski definition) is 0. The molecular formula is C22H29ClN6O2. The van der Waals surface area contributed by atoms with Gasteiger partial charge in [-0.05, 0) is 28.6 Å². The van der Waals surface area contributed by atoms with Gasteiger partial charge in [-0.1, -0.05) is 36.4 Å². The number of methoxy groups -OCH3 is 2. The standard InChI is InChI=1S/C22H28N6O2.ClH/c1-29-17-16-28-22(23-24-25-28)21(19-10-6-7-11-20(19)30-2)27-14-12-26(13-15-27)18-8-4-3-5-9-18;/h3-11,21H,12-17H2,1-2H3;1H. The van der Waals surface area contributed by atoms with Crippen molar-refractivity contribution in [3.8, 4) is 5.75 Å². The van der Waals surface area contributed by atoms with Crippen LogP contribution in [0.15, 0.2) is 54.6 Å². The molecule has 3 aromatic rings. The van der Waals surface area contributed by atoms with E-state index in [0.29, 0.717) is 13.2 Å². The molecule has 1 atom stereocenters. The molecule has 0 bridgehead atoms. The molecule has 1 aromatic heterocycles. The second kappa shape index (κ2) is 11.1. The van der Waals surface area contributed by atoms with Gasteiger partial charge in [-0.3, -0.25) is 4.90 Å². The van der Waals surface area contributed by atoms with Crippen molar-refractivity contribution in [1.82, 2.24) is 25.1 Å². The zero-order chi connectivity index (χ0) is 20.8. The van der Waals surface area contributed by atoms with E-state index < -0.39 is 0 Å². The summed E-state index contributed by atoms with van der Waals surface area (Å²) >= 11 is 0. The number of nitrogens with zero attached hydrogens (tertiary/aromatic N) is 6. The molecule has 8 nitrogen and oxygen atoms in total. The highest BCUT2D eigenvalue weighted by Gasteiger charge is 2.32. The first-order valence-electron chi connectivity index (χ1n) is 10.2. The first-order valence-corrected chi connectivity index (χ1v) is 10.2. The van der Waals surface area contributed by atoms with Gasteiger partial charge in [0, 0.05) is 44.5 Å². The van der Waals surface area contributed by atoms with Gasteiger partial charge in [0.05, 0.1) is 20.3 Å². The predicted molar refractivity (Wildman–Crippen MR) is 122 cm³/mol.